The molecule has 2 N–H and O–H groups in total. The van der Waals surface area contributed by atoms with Crippen LogP contribution in [0, 0.1) is 5.82 Å². The topological polar surface area (TPSA) is 35.2 Å². The molecule has 2 rings (SSSR count). The summed E-state index contributed by atoms with van der Waals surface area (Å²) >= 11 is 0. The maximum atomic E-state index is 14.0. The van der Waals surface area contributed by atoms with Crippen molar-refractivity contribution in [3.63, 3.8) is 0 Å². The van der Waals surface area contributed by atoms with Crippen molar-refractivity contribution in [2.24, 2.45) is 5.73 Å². The molecule has 17 heavy (non-hydrogen) atoms. The summed E-state index contributed by atoms with van der Waals surface area (Å²) in [5.74, 6) is -0.180. The molecule has 0 aliphatic heterocycles. The van der Waals surface area contributed by atoms with Gasteiger partial charge in [0, 0.05) is 5.56 Å². The second-order valence-corrected chi connectivity index (χ2v) is 3.75. The van der Waals surface area contributed by atoms with Gasteiger partial charge in [-0.25, -0.2) is 4.39 Å². The van der Waals surface area contributed by atoms with Gasteiger partial charge in [-0.15, -0.1) is 0 Å². The monoisotopic (exact) mass is 231 g/mol. The molecule has 2 aromatic carbocycles. The Morgan fingerprint density at radius 2 is 1.76 bits per heavy atom. The minimum Gasteiger partial charge on any atom is -0.494 e. The number of methoxy groups -OCH3 is 1. The van der Waals surface area contributed by atoms with E-state index in [9.17, 15) is 4.39 Å². The Morgan fingerprint density at radius 1 is 1.06 bits per heavy atom. The van der Waals surface area contributed by atoms with Gasteiger partial charge in [-0.1, -0.05) is 42.5 Å². The predicted molar refractivity (Wildman–Crippen MR) is 65.4 cm³/mol. The summed E-state index contributed by atoms with van der Waals surface area (Å²) in [4.78, 5) is 0. The van der Waals surface area contributed by atoms with Crippen molar-refractivity contribution >= 4 is 0 Å². The van der Waals surface area contributed by atoms with Gasteiger partial charge in [0.25, 0.3) is 0 Å². The average molecular weight is 231 g/mol. The largest absolute Gasteiger partial charge is 0.494 e. The fourth-order valence-electron chi connectivity index (χ4n) is 1.77. The lowest BCUT2D eigenvalue weighted by atomic mass is 9.99. The molecule has 3 heteroatoms. The highest BCUT2D eigenvalue weighted by Gasteiger charge is 2.16. The first-order valence-electron chi connectivity index (χ1n) is 5.37. The summed E-state index contributed by atoms with van der Waals surface area (Å²) < 4.78 is 18.9. The third-order valence-corrected chi connectivity index (χ3v) is 2.71. The van der Waals surface area contributed by atoms with Crippen LogP contribution in [0.5, 0.6) is 5.75 Å². The van der Waals surface area contributed by atoms with Gasteiger partial charge in [-0.05, 0) is 11.6 Å². The molecule has 88 valence electrons. The minimum absolute atomic E-state index is 0.217. The summed E-state index contributed by atoms with van der Waals surface area (Å²) in [6.45, 7) is 0. The molecule has 0 saturated carbocycles. The third kappa shape index (κ3) is 2.29. The first-order valence-corrected chi connectivity index (χ1v) is 5.37. The number of benzene rings is 2. The molecule has 1 atom stereocenters. The zero-order valence-electron chi connectivity index (χ0n) is 9.56. The van der Waals surface area contributed by atoms with Gasteiger partial charge in [0.2, 0.25) is 0 Å². The van der Waals surface area contributed by atoms with E-state index in [2.05, 4.69) is 0 Å². The molecule has 0 amide bonds. The van der Waals surface area contributed by atoms with E-state index in [4.69, 9.17) is 10.5 Å². The lowest BCUT2D eigenvalue weighted by Gasteiger charge is -2.14. The summed E-state index contributed by atoms with van der Waals surface area (Å²) in [5.41, 5.74) is 7.36. The van der Waals surface area contributed by atoms with E-state index < -0.39 is 11.9 Å². The lowest BCUT2D eigenvalue weighted by Crippen LogP contribution is -2.13. The Hall–Kier alpha value is -1.87. The number of hydrogen-bond donors (Lipinski definition) is 1. The first-order chi connectivity index (χ1) is 8.24. The van der Waals surface area contributed by atoms with Crippen molar-refractivity contribution < 1.29 is 9.13 Å². The van der Waals surface area contributed by atoms with Crippen molar-refractivity contribution in [2.75, 3.05) is 7.11 Å². The second kappa shape index (κ2) is 4.97. The van der Waals surface area contributed by atoms with Crippen molar-refractivity contribution in [3.8, 4) is 5.75 Å². The van der Waals surface area contributed by atoms with Crippen molar-refractivity contribution in [3.05, 3.63) is 65.5 Å². The van der Waals surface area contributed by atoms with Gasteiger partial charge in [0.15, 0.2) is 11.6 Å². The van der Waals surface area contributed by atoms with Crippen molar-refractivity contribution in [2.45, 2.75) is 6.04 Å². The average Bonchev–Trinajstić information content (AvgIpc) is 2.39. The summed E-state index contributed by atoms with van der Waals surface area (Å²) in [6, 6.07) is 13.9. The smallest absolute Gasteiger partial charge is 0.170 e. The number of ether oxygens (including phenoxy) is 1. The molecule has 0 heterocycles. The Bertz CT molecular complexity index is 499. The van der Waals surface area contributed by atoms with Crippen LogP contribution in [-0.2, 0) is 0 Å². The van der Waals surface area contributed by atoms with Gasteiger partial charge in [-0.2, -0.15) is 0 Å². The number of rotatable bonds is 3. The van der Waals surface area contributed by atoms with Crippen LogP contribution < -0.4 is 10.5 Å². The molecule has 0 bridgehead atoms. The third-order valence-electron chi connectivity index (χ3n) is 2.71. The molecular weight excluding hydrogens is 217 g/mol. The normalized spacial score (nSPS) is 12.2. The van der Waals surface area contributed by atoms with Gasteiger partial charge < -0.3 is 10.5 Å². The van der Waals surface area contributed by atoms with Crippen LogP contribution >= 0.6 is 0 Å². The summed E-state index contributed by atoms with van der Waals surface area (Å²) in [6.07, 6.45) is 0. The Balaban J connectivity index is 2.41. The van der Waals surface area contributed by atoms with Crippen LogP contribution in [0.3, 0.4) is 0 Å². The van der Waals surface area contributed by atoms with Crippen LogP contribution in [0.2, 0.25) is 0 Å². The second-order valence-electron chi connectivity index (χ2n) is 3.75. The van der Waals surface area contributed by atoms with Gasteiger partial charge in [0.05, 0.1) is 13.2 Å². The number of hydrogen-bond acceptors (Lipinski definition) is 2. The lowest BCUT2D eigenvalue weighted by molar-refractivity contribution is 0.383. The Morgan fingerprint density at radius 3 is 2.41 bits per heavy atom. The van der Waals surface area contributed by atoms with Crippen LogP contribution in [0.15, 0.2) is 48.5 Å². The fourth-order valence-corrected chi connectivity index (χ4v) is 1.77. The van der Waals surface area contributed by atoms with E-state index in [1.54, 1.807) is 18.2 Å². The highest BCUT2D eigenvalue weighted by atomic mass is 19.1. The summed E-state index contributed by atoms with van der Waals surface area (Å²) in [7, 11) is 1.44. The fraction of sp³-hybridized carbons (Fsp3) is 0.143. The van der Waals surface area contributed by atoms with Gasteiger partial charge >= 0.3 is 0 Å². The van der Waals surface area contributed by atoms with E-state index in [1.165, 1.54) is 7.11 Å². The SMILES string of the molecule is COc1cccc(C(N)c2ccccc2)c1F. The van der Waals surface area contributed by atoms with Gasteiger partial charge in [-0.3, -0.25) is 0 Å². The van der Waals surface area contributed by atoms with Crippen LogP contribution in [-0.4, -0.2) is 7.11 Å². The van der Waals surface area contributed by atoms with E-state index in [0.29, 0.717) is 5.56 Å². The molecule has 0 aromatic heterocycles. The molecule has 0 aliphatic rings. The molecule has 2 nitrogen and oxygen atoms in total. The molecular formula is C14H14FNO. The molecule has 0 aliphatic carbocycles. The van der Waals surface area contributed by atoms with E-state index >= 15 is 0 Å². The van der Waals surface area contributed by atoms with Gasteiger partial charge in [0.1, 0.15) is 0 Å². The molecule has 2 aromatic rings. The standard InChI is InChI=1S/C14H14FNO/c1-17-12-9-5-8-11(13(12)15)14(16)10-6-3-2-4-7-10/h2-9,14H,16H2,1H3. The number of halogens is 1. The van der Waals surface area contributed by atoms with E-state index in [1.807, 2.05) is 30.3 Å². The minimum atomic E-state index is -0.480. The van der Waals surface area contributed by atoms with Crippen molar-refractivity contribution in [1.82, 2.24) is 0 Å². The first kappa shape index (κ1) is 11.6. The predicted octanol–water partition coefficient (Wildman–Crippen LogP) is 2.88. The maximum Gasteiger partial charge on any atom is 0.170 e. The maximum absolute atomic E-state index is 14.0. The summed E-state index contributed by atoms with van der Waals surface area (Å²) in [5, 5.41) is 0. The van der Waals surface area contributed by atoms with E-state index in [0.717, 1.165) is 5.56 Å². The Kier molecular flexibility index (Phi) is 3.40. The van der Waals surface area contributed by atoms with Crippen LogP contribution in [0.25, 0.3) is 0 Å². The zero-order chi connectivity index (χ0) is 12.3. The molecule has 0 spiro atoms. The molecule has 0 fully saturated rings. The quantitative estimate of drug-likeness (QED) is 0.881. The van der Waals surface area contributed by atoms with Crippen LogP contribution in [0.4, 0.5) is 4.39 Å². The van der Waals surface area contributed by atoms with Crippen molar-refractivity contribution in [1.29, 1.82) is 0 Å². The highest BCUT2D eigenvalue weighted by molar-refractivity contribution is 5.37. The van der Waals surface area contributed by atoms with E-state index in [-0.39, 0.29) is 5.75 Å². The zero-order valence-corrected chi connectivity index (χ0v) is 9.56. The van der Waals surface area contributed by atoms with Crippen LogP contribution in [0.1, 0.15) is 17.2 Å². The molecule has 0 saturated heterocycles. The number of nitrogens with two attached hydrogens (primary N) is 1. The molecule has 1 unspecified atom stereocenters. The Labute approximate surface area is 99.8 Å². The highest BCUT2D eigenvalue weighted by Crippen LogP contribution is 2.27. The molecule has 0 radical (unpaired) electrons.